The number of nitrogens with one attached hydrogen (secondary N) is 2. The Bertz CT molecular complexity index is 459. The molecule has 1 saturated carbocycles. The molecule has 0 unspecified atom stereocenters. The highest BCUT2D eigenvalue weighted by Crippen LogP contribution is 2.18. The van der Waals surface area contributed by atoms with Gasteiger partial charge in [-0.15, -0.1) is 0 Å². The van der Waals surface area contributed by atoms with Crippen molar-refractivity contribution < 1.29 is 9.53 Å². The summed E-state index contributed by atoms with van der Waals surface area (Å²) < 4.78 is 5.22. The fourth-order valence-corrected chi connectivity index (χ4v) is 2.21. The Balaban J connectivity index is 1.74. The summed E-state index contributed by atoms with van der Waals surface area (Å²) in [4.78, 5) is 11.7. The van der Waals surface area contributed by atoms with Gasteiger partial charge in [0.2, 0.25) is 0 Å². The van der Waals surface area contributed by atoms with Crippen molar-refractivity contribution in [3.63, 3.8) is 0 Å². The van der Waals surface area contributed by atoms with Crippen LogP contribution in [0.3, 0.4) is 0 Å². The molecule has 1 aliphatic carbocycles. The molecule has 1 aromatic carbocycles. The molecule has 0 radical (unpaired) electrons. The van der Waals surface area contributed by atoms with Crippen LogP contribution in [0.15, 0.2) is 24.3 Å². The number of hydrogen-bond donors (Lipinski definition) is 2. The summed E-state index contributed by atoms with van der Waals surface area (Å²) in [5.74, 6) is 0. The SMILES string of the molecule is CC(C)(C)OC(=O)Nc1ccc(CCNC2CCC2)cc1. The second-order valence-electron chi connectivity index (χ2n) is 6.66. The topological polar surface area (TPSA) is 50.4 Å². The molecule has 21 heavy (non-hydrogen) atoms. The Kier molecular flexibility index (Phi) is 5.23. The lowest BCUT2D eigenvalue weighted by Gasteiger charge is -2.26. The fourth-order valence-electron chi connectivity index (χ4n) is 2.21. The molecule has 0 atom stereocenters. The van der Waals surface area contributed by atoms with Crippen molar-refractivity contribution in [2.45, 2.75) is 58.1 Å². The summed E-state index contributed by atoms with van der Waals surface area (Å²) >= 11 is 0. The Morgan fingerprint density at radius 2 is 1.90 bits per heavy atom. The molecule has 0 aromatic heterocycles. The average molecular weight is 290 g/mol. The Morgan fingerprint density at radius 3 is 2.43 bits per heavy atom. The maximum atomic E-state index is 11.7. The van der Waals surface area contributed by atoms with Crippen molar-refractivity contribution in [1.29, 1.82) is 0 Å². The van der Waals surface area contributed by atoms with Gasteiger partial charge in [-0.2, -0.15) is 0 Å². The normalized spacial score (nSPS) is 15.4. The lowest BCUT2D eigenvalue weighted by Crippen LogP contribution is -2.36. The van der Waals surface area contributed by atoms with Crippen LogP contribution in [0.4, 0.5) is 10.5 Å². The lowest BCUT2D eigenvalue weighted by molar-refractivity contribution is 0.0636. The lowest BCUT2D eigenvalue weighted by atomic mass is 9.93. The van der Waals surface area contributed by atoms with Crippen molar-refractivity contribution in [1.82, 2.24) is 5.32 Å². The van der Waals surface area contributed by atoms with Crippen molar-refractivity contribution >= 4 is 11.8 Å². The van der Waals surface area contributed by atoms with Crippen LogP contribution in [0, 0.1) is 0 Å². The van der Waals surface area contributed by atoms with Gasteiger partial charge in [-0.25, -0.2) is 4.79 Å². The fraction of sp³-hybridized carbons (Fsp3) is 0.588. The van der Waals surface area contributed by atoms with E-state index in [2.05, 4.69) is 22.8 Å². The van der Waals surface area contributed by atoms with Gasteiger partial charge in [0.05, 0.1) is 0 Å². The van der Waals surface area contributed by atoms with E-state index in [1.165, 1.54) is 24.8 Å². The second kappa shape index (κ2) is 6.94. The zero-order valence-electron chi connectivity index (χ0n) is 13.2. The number of carbonyl (C=O) groups is 1. The number of carbonyl (C=O) groups excluding carboxylic acids is 1. The molecule has 4 heteroatoms. The van der Waals surface area contributed by atoms with E-state index in [1.807, 2.05) is 32.9 Å². The highest BCUT2D eigenvalue weighted by molar-refractivity contribution is 5.84. The van der Waals surface area contributed by atoms with Crippen molar-refractivity contribution in [2.75, 3.05) is 11.9 Å². The van der Waals surface area contributed by atoms with Gasteiger partial charge in [0, 0.05) is 11.7 Å². The molecule has 2 N–H and O–H groups in total. The van der Waals surface area contributed by atoms with Crippen LogP contribution in [0.5, 0.6) is 0 Å². The molecule has 0 heterocycles. The Morgan fingerprint density at radius 1 is 1.24 bits per heavy atom. The zero-order valence-corrected chi connectivity index (χ0v) is 13.2. The highest BCUT2D eigenvalue weighted by Gasteiger charge is 2.16. The summed E-state index contributed by atoms with van der Waals surface area (Å²) in [6, 6.07) is 8.67. The smallest absolute Gasteiger partial charge is 0.412 e. The first-order valence-electron chi connectivity index (χ1n) is 7.75. The molecular formula is C17H26N2O2. The predicted molar refractivity (Wildman–Crippen MR) is 85.6 cm³/mol. The van der Waals surface area contributed by atoms with E-state index in [0.29, 0.717) is 0 Å². The molecular weight excluding hydrogens is 264 g/mol. The van der Waals surface area contributed by atoms with Crippen LogP contribution in [0.2, 0.25) is 0 Å². The van der Waals surface area contributed by atoms with Crippen molar-refractivity contribution in [3.8, 4) is 0 Å². The molecule has 1 aromatic rings. The third-order valence-electron chi connectivity index (χ3n) is 3.55. The number of benzene rings is 1. The van der Waals surface area contributed by atoms with Crippen LogP contribution < -0.4 is 10.6 Å². The Hall–Kier alpha value is -1.55. The first kappa shape index (κ1) is 15.8. The van der Waals surface area contributed by atoms with Crippen LogP contribution in [0.1, 0.15) is 45.6 Å². The summed E-state index contributed by atoms with van der Waals surface area (Å²) in [6.45, 7) is 6.57. The van der Waals surface area contributed by atoms with Gasteiger partial charge < -0.3 is 10.1 Å². The quantitative estimate of drug-likeness (QED) is 0.869. The number of rotatable bonds is 5. The molecule has 0 bridgehead atoms. The van der Waals surface area contributed by atoms with Crippen LogP contribution in [-0.2, 0) is 11.2 Å². The summed E-state index contributed by atoms with van der Waals surface area (Å²) in [7, 11) is 0. The van der Waals surface area contributed by atoms with Gasteiger partial charge in [-0.05, 0) is 64.3 Å². The van der Waals surface area contributed by atoms with E-state index >= 15 is 0 Å². The number of amides is 1. The minimum Gasteiger partial charge on any atom is -0.444 e. The molecule has 0 saturated heterocycles. The average Bonchev–Trinajstić information content (AvgIpc) is 2.32. The van der Waals surface area contributed by atoms with E-state index in [1.54, 1.807) is 0 Å². The third-order valence-corrected chi connectivity index (χ3v) is 3.55. The van der Waals surface area contributed by atoms with Crippen LogP contribution in [-0.4, -0.2) is 24.3 Å². The Labute approximate surface area is 127 Å². The molecule has 0 spiro atoms. The minimum absolute atomic E-state index is 0.415. The monoisotopic (exact) mass is 290 g/mol. The van der Waals surface area contributed by atoms with Crippen molar-refractivity contribution in [3.05, 3.63) is 29.8 Å². The number of ether oxygens (including phenoxy) is 1. The standard InChI is InChI=1S/C17H26N2O2/c1-17(2,3)21-16(20)19-15-9-7-13(8-10-15)11-12-18-14-5-4-6-14/h7-10,14,18H,4-6,11-12H2,1-3H3,(H,19,20). The number of anilines is 1. The van der Waals surface area contributed by atoms with E-state index in [4.69, 9.17) is 4.74 Å². The van der Waals surface area contributed by atoms with E-state index in [0.717, 1.165) is 24.7 Å². The van der Waals surface area contributed by atoms with E-state index in [9.17, 15) is 4.79 Å². The van der Waals surface area contributed by atoms with Gasteiger partial charge in [0.1, 0.15) is 5.60 Å². The van der Waals surface area contributed by atoms with E-state index < -0.39 is 11.7 Å². The molecule has 0 aliphatic heterocycles. The van der Waals surface area contributed by atoms with E-state index in [-0.39, 0.29) is 0 Å². The molecule has 116 valence electrons. The highest BCUT2D eigenvalue weighted by atomic mass is 16.6. The third kappa shape index (κ3) is 5.76. The predicted octanol–water partition coefficient (Wildman–Crippen LogP) is 3.72. The summed E-state index contributed by atoms with van der Waals surface area (Å²) in [5, 5.41) is 6.29. The van der Waals surface area contributed by atoms with Crippen LogP contribution in [0.25, 0.3) is 0 Å². The molecule has 2 rings (SSSR count). The first-order chi connectivity index (χ1) is 9.92. The maximum Gasteiger partial charge on any atom is 0.412 e. The number of hydrogen-bond acceptors (Lipinski definition) is 3. The molecule has 1 fully saturated rings. The second-order valence-corrected chi connectivity index (χ2v) is 6.66. The molecule has 1 amide bonds. The molecule has 1 aliphatic rings. The van der Waals surface area contributed by atoms with Crippen LogP contribution >= 0.6 is 0 Å². The van der Waals surface area contributed by atoms with Gasteiger partial charge in [-0.1, -0.05) is 18.6 Å². The van der Waals surface area contributed by atoms with Gasteiger partial charge in [0.25, 0.3) is 0 Å². The van der Waals surface area contributed by atoms with Gasteiger partial charge in [0.15, 0.2) is 0 Å². The minimum atomic E-state index is -0.475. The first-order valence-corrected chi connectivity index (χ1v) is 7.75. The van der Waals surface area contributed by atoms with Gasteiger partial charge >= 0.3 is 6.09 Å². The van der Waals surface area contributed by atoms with Gasteiger partial charge in [-0.3, -0.25) is 5.32 Å². The van der Waals surface area contributed by atoms with Crippen molar-refractivity contribution in [2.24, 2.45) is 0 Å². The summed E-state index contributed by atoms with van der Waals surface area (Å²) in [6.07, 6.45) is 4.60. The molecule has 4 nitrogen and oxygen atoms in total. The summed E-state index contributed by atoms with van der Waals surface area (Å²) in [5.41, 5.74) is 1.56. The largest absolute Gasteiger partial charge is 0.444 e. The maximum absolute atomic E-state index is 11.7. The zero-order chi connectivity index (χ0) is 15.3.